The number of rotatable bonds is 6. The first-order valence-electron chi connectivity index (χ1n) is 8.85. The minimum Gasteiger partial charge on any atom is -0.493 e. The summed E-state index contributed by atoms with van der Waals surface area (Å²) in [5.41, 5.74) is 1.42. The maximum absolute atomic E-state index is 12.6. The maximum atomic E-state index is 12.6. The summed E-state index contributed by atoms with van der Waals surface area (Å²) in [5.74, 6) is 1.91. The quantitative estimate of drug-likeness (QED) is 0.824. The van der Waals surface area contributed by atoms with Crippen molar-refractivity contribution in [3.05, 3.63) is 41.9 Å². The van der Waals surface area contributed by atoms with Crippen LogP contribution in [0, 0.1) is 0 Å². The van der Waals surface area contributed by atoms with Crippen LogP contribution in [-0.2, 0) is 6.54 Å². The lowest BCUT2D eigenvalue weighted by Crippen LogP contribution is -2.47. The molecule has 1 aliphatic heterocycles. The Morgan fingerprint density at radius 3 is 2.52 bits per heavy atom. The Hall–Kier alpha value is -2.87. The van der Waals surface area contributed by atoms with Crippen LogP contribution in [0.4, 0.5) is 5.82 Å². The molecule has 8 nitrogen and oxygen atoms in total. The summed E-state index contributed by atoms with van der Waals surface area (Å²) >= 11 is 0. The van der Waals surface area contributed by atoms with Gasteiger partial charge in [-0.3, -0.25) is 4.79 Å². The highest BCUT2D eigenvalue weighted by molar-refractivity contribution is 5.93. The Kier molecular flexibility index (Phi) is 6.08. The lowest BCUT2D eigenvalue weighted by Gasteiger charge is -2.32. The number of amides is 1. The Morgan fingerprint density at radius 1 is 1.07 bits per heavy atom. The second kappa shape index (κ2) is 8.68. The molecule has 2 aromatic rings. The average Bonchev–Trinajstić information content (AvgIpc) is 2.72. The highest BCUT2D eigenvalue weighted by atomic mass is 16.5. The van der Waals surface area contributed by atoms with E-state index in [1.807, 2.05) is 23.1 Å². The molecule has 0 spiro atoms. The van der Waals surface area contributed by atoms with E-state index in [1.165, 1.54) is 6.33 Å². The summed E-state index contributed by atoms with van der Waals surface area (Å²) in [6, 6.07) is 7.41. The molecule has 0 atom stereocenters. The Morgan fingerprint density at radius 2 is 1.81 bits per heavy atom. The molecule has 1 aromatic carbocycles. The van der Waals surface area contributed by atoms with E-state index in [-0.39, 0.29) is 5.91 Å². The molecule has 0 radical (unpaired) electrons. The summed E-state index contributed by atoms with van der Waals surface area (Å²) < 4.78 is 10.6. The summed E-state index contributed by atoms with van der Waals surface area (Å²) in [6.07, 6.45) is 1.42. The minimum absolute atomic E-state index is 0.0559. The van der Waals surface area contributed by atoms with Crippen molar-refractivity contribution in [1.29, 1.82) is 0 Å². The third-order valence-corrected chi connectivity index (χ3v) is 4.60. The molecule has 1 saturated heterocycles. The highest BCUT2D eigenvalue weighted by Gasteiger charge is 2.21. The molecule has 8 heteroatoms. The monoisotopic (exact) mass is 371 g/mol. The summed E-state index contributed by atoms with van der Waals surface area (Å²) in [4.78, 5) is 25.0. The predicted octanol–water partition coefficient (Wildman–Crippen LogP) is 1.49. The third-order valence-electron chi connectivity index (χ3n) is 4.60. The Bertz CT molecular complexity index is 791. The number of anilines is 1. The van der Waals surface area contributed by atoms with Gasteiger partial charge in [-0.15, -0.1) is 0 Å². The minimum atomic E-state index is -0.0559. The molecule has 0 aliphatic carbocycles. The van der Waals surface area contributed by atoms with Crippen LogP contribution in [0.2, 0.25) is 0 Å². The van der Waals surface area contributed by atoms with Gasteiger partial charge in [-0.25, -0.2) is 9.97 Å². The van der Waals surface area contributed by atoms with Gasteiger partial charge >= 0.3 is 0 Å². The van der Waals surface area contributed by atoms with Crippen LogP contribution in [-0.4, -0.2) is 73.1 Å². The number of carbonyl (C=O) groups excluding carboxylic acids is 1. The zero-order valence-corrected chi connectivity index (χ0v) is 15.9. The van der Waals surface area contributed by atoms with Crippen LogP contribution in [0.1, 0.15) is 16.1 Å². The van der Waals surface area contributed by atoms with Crippen molar-refractivity contribution in [2.24, 2.45) is 0 Å². The number of ether oxygens (including phenoxy) is 2. The molecule has 0 bridgehead atoms. The van der Waals surface area contributed by atoms with E-state index in [2.05, 4.69) is 27.2 Å². The van der Waals surface area contributed by atoms with Crippen molar-refractivity contribution >= 4 is 11.7 Å². The molecule has 1 aromatic heterocycles. The van der Waals surface area contributed by atoms with Crippen molar-refractivity contribution in [2.45, 2.75) is 6.54 Å². The largest absolute Gasteiger partial charge is 0.493 e. The maximum Gasteiger partial charge on any atom is 0.272 e. The van der Waals surface area contributed by atoms with E-state index < -0.39 is 0 Å². The first-order chi connectivity index (χ1) is 13.1. The topological polar surface area (TPSA) is 79.8 Å². The summed E-state index contributed by atoms with van der Waals surface area (Å²) in [6.45, 7) is 3.73. The second-order valence-electron chi connectivity index (χ2n) is 6.43. The number of aromatic nitrogens is 2. The number of hydrogen-bond donors (Lipinski definition) is 1. The molecule has 27 heavy (non-hydrogen) atoms. The fourth-order valence-corrected chi connectivity index (χ4v) is 2.93. The number of methoxy groups -OCH3 is 2. The van der Waals surface area contributed by atoms with Crippen molar-refractivity contribution in [1.82, 2.24) is 19.8 Å². The van der Waals surface area contributed by atoms with E-state index in [9.17, 15) is 4.79 Å². The molecule has 2 heterocycles. The van der Waals surface area contributed by atoms with Gasteiger partial charge in [0, 0.05) is 38.8 Å². The number of nitrogens with zero attached hydrogens (tertiary/aromatic N) is 4. The lowest BCUT2D eigenvalue weighted by atomic mass is 10.2. The van der Waals surface area contributed by atoms with Crippen molar-refractivity contribution in [2.75, 3.05) is 52.8 Å². The van der Waals surface area contributed by atoms with Gasteiger partial charge in [-0.1, -0.05) is 6.07 Å². The number of hydrogen-bond acceptors (Lipinski definition) is 7. The van der Waals surface area contributed by atoms with Crippen molar-refractivity contribution in [3.8, 4) is 11.5 Å². The number of carbonyl (C=O) groups is 1. The van der Waals surface area contributed by atoms with Gasteiger partial charge in [-0.05, 0) is 24.7 Å². The number of piperazine rings is 1. The smallest absolute Gasteiger partial charge is 0.272 e. The molecule has 3 rings (SSSR count). The van der Waals surface area contributed by atoms with Gasteiger partial charge in [0.25, 0.3) is 5.91 Å². The van der Waals surface area contributed by atoms with Gasteiger partial charge in [0.05, 0.1) is 14.2 Å². The first kappa shape index (κ1) is 18.9. The standard InChI is InChI=1S/C19H25N5O3/c1-23-6-8-24(9-7-23)19(25)15-11-18(22-13-21-15)20-12-14-4-5-16(26-2)17(10-14)27-3/h4-5,10-11,13H,6-9,12H2,1-3H3,(H,20,21,22). The van der Waals surface area contributed by atoms with E-state index in [0.29, 0.717) is 42.6 Å². The van der Waals surface area contributed by atoms with Crippen LogP contribution < -0.4 is 14.8 Å². The molecular formula is C19H25N5O3. The third kappa shape index (κ3) is 4.65. The van der Waals surface area contributed by atoms with E-state index in [0.717, 1.165) is 18.7 Å². The van der Waals surface area contributed by atoms with E-state index in [1.54, 1.807) is 20.3 Å². The van der Waals surface area contributed by atoms with Crippen LogP contribution in [0.3, 0.4) is 0 Å². The lowest BCUT2D eigenvalue weighted by molar-refractivity contribution is 0.0658. The van der Waals surface area contributed by atoms with Gasteiger partial charge in [0.2, 0.25) is 0 Å². The molecule has 1 fully saturated rings. The van der Waals surface area contributed by atoms with Crippen LogP contribution in [0.25, 0.3) is 0 Å². The first-order valence-corrected chi connectivity index (χ1v) is 8.85. The average molecular weight is 371 g/mol. The highest BCUT2D eigenvalue weighted by Crippen LogP contribution is 2.27. The van der Waals surface area contributed by atoms with Crippen LogP contribution in [0.5, 0.6) is 11.5 Å². The molecule has 1 N–H and O–H groups in total. The van der Waals surface area contributed by atoms with E-state index in [4.69, 9.17) is 9.47 Å². The van der Waals surface area contributed by atoms with E-state index >= 15 is 0 Å². The molecule has 0 unspecified atom stereocenters. The van der Waals surface area contributed by atoms with Gasteiger partial charge < -0.3 is 24.6 Å². The molecule has 0 saturated carbocycles. The van der Waals surface area contributed by atoms with Crippen molar-refractivity contribution < 1.29 is 14.3 Å². The fraction of sp³-hybridized carbons (Fsp3) is 0.421. The zero-order valence-electron chi connectivity index (χ0n) is 15.9. The number of likely N-dealkylation sites (N-methyl/N-ethyl adjacent to an activating group) is 1. The van der Waals surface area contributed by atoms with Gasteiger partial charge in [-0.2, -0.15) is 0 Å². The second-order valence-corrected chi connectivity index (χ2v) is 6.43. The van der Waals surface area contributed by atoms with Crippen LogP contribution >= 0.6 is 0 Å². The van der Waals surface area contributed by atoms with Gasteiger partial charge in [0.1, 0.15) is 17.8 Å². The molecule has 1 amide bonds. The molecule has 1 aliphatic rings. The Labute approximate surface area is 159 Å². The SMILES string of the molecule is COc1ccc(CNc2cc(C(=O)N3CCN(C)CC3)ncn2)cc1OC. The predicted molar refractivity (Wildman–Crippen MR) is 102 cm³/mol. The number of nitrogens with one attached hydrogen (secondary N) is 1. The van der Waals surface area contributed by atoms with Gasteiger partial charge in [0.15, 0.2) is 11.5 Å². The van der Waals surface area contributed by atoms with Crippen LogP contribution in [0.15, 0.2) is 30.6 Å². The molecule has 144 valence electrons. The van der Waals surface area contributed by atoms with Crippen molar-refractivity contribution in [3.63, 3.8) is 0 Å². The fourth-order valence-electron chi connectivity index (χ4n) is 2.93. The summed E-state index contributed by atoms with van der Waals surface area (Å²) in [7, 11) is 5.27. The molecular weight excluding hydrogens is 346 g/mol. The Balaban J connectivity index is 1.65. The zero-order chi connectivity index (χ0) is 19.2. The number of benzene rings is 1. The normalized spacial score (nSPS) is 14.7. The summed E-state index contributed by atoms with van der Waals surface area (Å²) in [5, 5.41) is 3.23.